The number of carbonyl (C=O) groups excluding carboxylic acids is 1. The van der Waals surface area contributed by atoms with Gasteiger partial charge in [0.1, 0.15) is 0 Å². The molecule has 0 bridgehead atoms. The number of hydrogen-bond donors (Lipinski definition) is 1. The van der Waals surface area contributed by atoms with Gasteiger partial charge in [-0.1, -0.05) is 25.5 Å². The summed E-state index contributed by atoms with van der Waals surface area (Å²) in [6.45, 7) is 8.47. The van der Waals surface area contributed by atoms with Crippen LogP contribution in [0, 0.1) is 12.8 Å². The Morgan fingerprint density at radius 3 is 2.47 bits per heavy atom. The van der Waals surface area contributed by atoms with Crippen LogP contribution in [0.3, 0.4) is 0 Å². The van der Waals surface area contributed by atoms with Crippen LogP contribution in [0.2, 0.25) is 0 Å². The predicted molar refractivity (Wildman–Crippen MR) is 81.7 cm³/mol. The highest BCUT2D eigenvalue weighted by molar-refractivity contribution is 5.99. The van der Waals surface area contributed by atoms with Crippen molar-refractivity contribution >= 4 is 11.6 Å². The summed E-state index contributed by atoms with van der Waals surface area (Å²) in [5, 5.41) is 3.09. The molecule has 3 heteroatoms. The number of hydrogen-bond acceptors (Lipinski definition) is 2. The van der Waals surface area contributed by atoms with Crippen molar-refractivity contribution in [1.82, 2.24) is 4.90 Å². The lowest BCUT2D eigenvalue weighted by Gasteiger charge is -2.27. The standard InChI is InChI=1S/C16H26N2O/c1-11(2)9-13(4)18(6)16(19)14-10-12(3)7-8-15(14)17-5/h7-8,10-11,13,17H,9H2,1-6H3. The molecule has 1 rings (SSSR count). The molecule has 1 N–H and O–H groups in total. The van der Waals surface area contributed by atoms with E-state index in [0.717, 1.165) is 23.2 Å². The quantitative estimate of drug-likeness (QED) is 0.880. The molecule has 1 aromatic rings. The largest absolute Gasteiger partial charge is 0.387 e. The van der Waals surface area contributed by atoms with Crippen molar-refractivity contribution in [3.63, 3.8) is 0 Å². The minimum Gasteiger partial charge on any atom is -0.387 e. The second-order valence-corrected chi connectivity index (χ2v) is 5.69. The second-order valence-electron chi connectivity index (χ2n) is 5.69. The zero-order chi connectivity index (χ0) is 14.6. The molecule has 1 atom stereocenters. The Hall–Kier alpha value is -1.51. The zero-order valence-electron chi connectivity index (χ0n) is 12.9. The Morgan fingerprint density at radius 1 is 1.32 bits per heavy atom. The molecule has 0 saturated carbocycles. The maximum atomic E-state index is 12.6. The van der Waals surface area contributed by atoms with E-state index in [1.54, 1.807) is 0 Å². The fourth-order valence-corrected chi connectivity index (χ4v) is 2.28. The summed E-state index contributed by atoms with van der Waals surface area (Å²) in [6, 6.07) is 6.17. The molecular weight excluding hydrogens is 236 g/mol. The molecule has 0 radical (unpaired) electrons. The molecule has 1 unspecified atom stereocenters. The Balaban J connectivity index is 2.96. The number of amides is 1. The van der Waals surface area contributed by atoms with E-state index in [1.807, 2.05) is 44.1 Å². The molecule has 1 aromatic carbocycles. The third-order valence-electron chi connectivity index (χ3n) is 3.47. The van der Waals surface area contributed by atoms with Gasteiger partial charge < -0.3 is 10.2 Å². The highest BCUT2D eigenvalue weighted by Crippen LogP contribution is 2.20. The Kier molecular flexibility index (Phi) is 5.40. The third kappa shape index (κ3) is 3.98. The lowest BCUT2D eigenvalue weighted by atomic mass is 10.0. The number of anilines is 1. The maximum Gasteiger partial charge on any atom is 0.255 e. The van der Waals surface area contributed by atoms with E-state index in [0.29, 0.717) is 5.92 Å². The fourth-order valence-electron chi connectivity index (χ4n) is 2.28. The topological polar surface area (TPSA) is 32.3 Å². The van der Waals surface area contributed by atoms with Crippen LogP contribution in [0.5, 0.6) is 0 Å². The molecule has 0 saturated heterocycles. The van der Waals surface area contributed by atoms with Gasteiger partial charge in [-0.3, -0.25) is 4.79 Å². The highest BCUT2D eigenvalue weighted by atomic mass is 16.2. The molecule has 0 spiro atoms. The maximum absolute atomic E-state index is 12.6. The van der Waals surface area contributed by atoms with E-state index in [9.17, 15) is 4.79 Å². The molecule has 0 aliphatic rings. The SMILES string of the molecule is CNc1ccc(C)cc1C(=O)N(C)C(C)CC(C)C. The number of carbonyl (C=O) groups is 1. The number of nitrogens with zero attached hydrogens (tertiary/aromatic N) is 1. The van der Waals surface area contributed by atoms with Gasteiger partial charge in [-0.05, 0) is 38.3 Å². The molecule has 0 fully saturated rings. The van der Waals surface area contributed by atoms with Crippen LogP contribution in [0.15, 0.2) is 18.2 Å². The average Bonchev–Trinajstić information content (AvgIpc) is 2.36. The van der Waals surface area contributed by atoms with Crippen LogP contribution >= 0.6 is 0 Å². The van der Waals surface area contributed by atoms with E-state index in [4.69, 9.17) is 0 Å². The van der Waals surface area contributed by atoms with Crippen LogP contribution in [0.1, 0.15) is 43.1 Å². The van der Waals surface area contributed by atoms with Crippen LogP contribution in [0.4, 0.5) is 5.69 Å². The molecule has 0 heterocycles. The van der Waals surface area contributed by atoms with Gasteiger partial charge in [0, 0.05) is 25.8 Å². The van der Waals surface area contributed by atoms with Gasteiger partial charge in [0.15, 0.2) is 0 Å². The summed E-state index contributed by atoms with van der Waals surface area (Å²) >= 11 is 0. The molecule has 19 heavy (non-hydrogen) atoms. The lowest BCUT2D eigenvalue weighted by Crippen LogP contribution is -2.36. The first-order chi connectivity index (χ1) is 8.86. The first kappa shape index (κ1) is 15.5. The van der Waals surface area contributed by atoms with Crippen molar-refractivity contribution in [3.8, 4) is 0 Å². The van der Waals surface area contributed by atoms with Crippen molar-refractivity contribution in [2.75, 3.05) is 19.4 Å². The number of benzene rings is 1. The second kappa shape index (κ2) is 6.60. The van der Waals surface area contributed by atoms with E-state index in [-0.39, 0.29) is 11.9 Å². The lowest BCUT2D eigenvalue weighted by molar-refractivity contribution is 0.0729. The van der Waals surface area contributed by atoms with Gasteiger partial charge in [-0.15, -0.1) is 0 Å². The zero-order valence-corrected chi connectivity index (χ0v) is 12.9. The van der Waals surface area contributed by atoms with Crippen molar-refractivity contribution < 1.29 is 4.79 Å². The first-order valence-electron chi connectivity index (χ1n) is 6.92. The van der Waals surface area contributed by atoms with E-state index in [1.165, 1.54) is 0 Å². The molecule has 106 valence electrons. The summed E-state index contributed by atoms with van der Waals surface area (Å²) in [4.78, 5) is 14.4. The van der Waals surface area contributed by atoms with Gasteiger partial charge in [0.25, 0.3) is 5.91 Å². The van der Waals surface area contributed by atoms with Crippen LogP contribution in [-0.4, -0.2) is 30.9 Å². The third-order valence-corrected chi connectivity index (χ3v) is 3.47. The minimum atomic E-state index is 0.0844. The van der Waals surface area contributed by atoms with E-state index in [2.05, 4.69) is 26.1 Å². The molecule has 1 amide bonds. The normalized spacial score (nSPS) is 12.4. The Bertz CT molecular complexity index is 440. The highest BCUT2D eigenvalue weighted by Gasteiger charge is 2.20. The number of nitrogens with one attached hydrogen (secondary N) is 1. The molecule has 3 nitrogen and oxygen atoms in total. The summed E-state index contributed by atoms with van der Waals surface area (Å²) < 4.78 is 0. The Morgan fingerprint density at radius 2 is 1.95 bits per heavy atom. The van der Waals surface area contributed by atoms with Gasteiger partial charge in [0.2, 0.25) is 0 Å². The molecule has 0 aliphatic carbocycles. The van der Waals surface area contributed by atoms with E-state index >= 15 is 0 Å². The summed E-state index contributed by atoms with van der Waals surface area (Å²) in [7, 11) is 3.73. The molecule has 0 aromatic heterocycles. The fraction of sp³-hybridized carbons (Fsp3) is 0.562. The number of aryl methyl sites for hydroxylation is 1. The average molecular weight is 262 g/mol. The minimum absolute atomic E-state index is 0.0844. The molecule has 0 aliphatic heterocycles. The van der Waals surface area contributed by atoms with Crippen molar-refractivity contribution in [3.05, 3.63) is 29.3 Å². The summed E-state index contributed by atoms with van der Waals surface area (Å²) in [6.07, 6.45) is 1.02. The van der Waals surface area contributed by atoms with Crippen LogP contribution in [-0.2, 0) is 0 Å². The van der Waals surface area contributed by atoms with E-state index < -0.39 is 0 Å². The summed E-state index contributed by atoms with van der Waals surface area (Å²) in [5.74, 6) is 0.674. The molecular formula is C16H26N2O. The van der Waals surface area contributed by atoms with Crippen molar-refractivity contribution in [1.29, 1.82) is 0 Å². The van der Waals surface area contributed by atoms with Crippen molar-refractivity contribution in [2.45, 2.75) is 40.2 Å². The smallest absolute Gasteiger partial charge is 0.255 e. The van der Waals surface area contributed by atoms with Crippen molar-refractivity contribution in [2.24, 2.45) is 5.92 Å². The predicted octanol–water partition coefficient (Wildman–Crippen LogP) is 3.54. The summed E-state index contributed by atoms with van der Waals surface area (Å²) in [5.41, 5.74) is 2.74. The van der Waals surface area contributed by atoms with Gasteiger partial charge >= 0.3 is 0 Å². The number of rotatable bonds is 5. The van der Waals surface area contributed by atoms with Gasteiger partial charge in [-0.25, -0.2) is 0 Å². The van der Waals surface area contributed by atoms with Crippen LogP contribution < -0.4 is 5.32 Å². The Labute approximate surface area is 117 Å². The van der Waals surface area contributed by atoms with Gasteiger partial charge in [-0.2, -0.15) is 0 Å². The van der Waals surface area contributed by atoms with Gasteiger partial charge in [0.05, 0.1) is 5.56 Å². The monoisotopic (exact) mass is 262 g/mol. The first-order valence-corrected chi connectivity index (χ1v) is 6.92. The van der Waals surface area contributed by atoms with Crippen LogP contribution in [0.25, 0.3) is 0 Å².